The summed E-state index contributed by atoms with van der Waals surface area (Å²) in [5, 5.41) is 6.88. The standard InChI is InChI=1S/C12H17N5O2/c1-3-18-12-9(13)4-5-10(16-12)14-7-6-11-15-8(2)17-19-11/h4-5H,3,6-7,13H2,1-2H3,(H,14,16). The van der Waals surface area contributed by atoms with Gasteiger partial charge in [-0.25, -0.2) is 0 Å². The number of nitrogens with zero attached hydrogens (tertiary/aromatic N) is 3. The summed E-state index contributed by atoms with van der Waals surface area (Å²) in [6.45, 7) is 4.85. The van der Waals surface area contributed by atoms with Gasteiger partial charge in [0.1, 0.15) is 5.82 Å². The second kappa shape index (κ2) is 6.03. The summed E-state index contributed by atoms with van der Waals surface area (Å²) in [5.41, 5.74) is 6.28. The summed E-state index contributed by atoms with van der Waals surface area (Å²) in [5.74, 6) is 2.39. The van der Waals surface area contributed by atoms with Crippen molar-refractivity contribution < 1.29 is 9.26 Å². The number of ether oxygens (including phenoxy) is 1. The first-order valence-electron chi connectivity index (χ1n) is 6.11. The van der Waals surface area contributed by atoms with Gasteiger partial charge < -0.3 is 20.3 Å². The van der Waals surface area contributed by atoms with Crippen LogP contribution in [0.15, 0.2) is 16.7 Å². The molecule has 0 aliphatic rings. The maximum atomic E-state index is 5.75. The Labute approximate surface area is 111 Å². The van der Waals surface area contributed by atoms with Gasteiger partial charge >= 0.3 is 0 Å². The van der Waals surface area contributed by atoms with Crippen molar-refractivity contribution in [1.82, 2.24) is 15.1 Å². The van der Waals surface area contributed by atoms with E-state index in [0.717, 1.165) is 0 Å². The van der Waals surface area contributed by atoms with E-state index < -0.39 is 0 Å². The highest BCUT2D eigenvalue weighted by atomic mass is 16.5. The molecule has 3 N–H and O–H groups in total. The molecule has 0 spiro atoms. The van der Waals surface area contributed by atoms with E-state index >= 15 is 0 Å². The van der Waals surface area contributed by atoms with Gasteiger partial charge in [-0.3, -0.25) is 0 Å². The van der Waals surface area contributed by atoms with E-state index in [9.17, 15) is 0 Å². The van der Waals surface area contributed by atoms with Crippen LogP contribution < -0.4 is 15.8 Å². The van der Waals surface area contributed by atoms with E-state index in [1.807, 2.05) is 6.92 Å². The number of anilines is 2. The van der Waals surface area contributed by atoms with Crippen molar-refractivity contribution in [1.29, 1.82) is 0 Å². The van der Waals surface area contributed by atoms with Crippen molar-refractivity contribution in [3.63, 3.8) is 0 Å². The van der Waals surface area contributed by atoms with E-state index in [0.29, 0.717) is 48.7 Å². The minimum atomic E-state index is 0.445. The van der Waals surface area contributed by atoms with Crippen LogP contribution in [0, 0.1) is 6.92 Å². The van der Waals surface area contributed by atoms with Crippen LogP contribution in [0.1, 0.15) is 18.6 Å². The Morgan fingerprint density at radius 3 is 2.89 bits per heavy atom. The zero-order chi connectivity index (χ0) is 13.7. The molecule has 0 radical (unpaired) electrons. The molecular formula is C12H17N5O2. The topological polar surface area (TPSA) is 99.1 Å². The quantitative estimate of drug-likeness (QED) is 0.812. The molecule has 2 heterocycles. The molecule has 0 atom stereocenters. The van der Waals surface area contributed by atoms with Crippen LogP contribution in [-0.4, -0.2) is 28.3 Å². The van der Waals surface area contributed by atoms with Crippen molar-refractivity contribution in [3.8, 4) is 5.88 Å². The molecule has 102 valence electrons. The maximum absolute atomic E-state index is 5.75. The number of nitrogens with two attached hydrogens (primary N) is 1. The lowest BCUT2D eigenvalue weighted by molar-refractivity contribution is 0.329. The van der Waals surface area contributed by atoms with Gasteiger partial charge in [0.2, 0.25) is 11.8 Å². The van der Waals surface area contributed by atoms with Crippen molar-refractivity contribution >= 4 is 11.5 Å². The Morgan fingerprint density at radius 2 is 2.21 bits per heavy atom. The van der Waals surface area contributed by atoms with Crippen molar-refractivity contribution in [2.24, 2.45) is 0 Å². The second-order valence-electron chi connectivity index (χ2n) is 3.94. The number of rotatable bonds is 6. The lowest BCUT2D eigenvalue weighted by Crippen LogP contribution is -2.08. The largest absolute Gasteiger partial charge is 0.476 e. The molecular weight excluding hydrogens is 246 g/mol. The van der Waals surface area contributed by atoms with Crippen molar-refractivity contribution in [2.75, 3.05) is 24.2 Å². The lowest BCUT2D eigenvalue weighted by atomic mass is 10.3. The Kier molecular flexibility index (Phi) is 4.17. The van der Waals surface area contributed by atoms with Crippen LogP contribution in [0.4, 0.5) is 11.5 Å². The average Bonchev–Trinajstić information content (AvgIpc) is 2.79. The fourth-order valence-corrected chi connectivity index (χ4v) is 1.54. The van der Waals surface area contributed by atoms with Crippen molar-refractivity contribution in [2.45, 2.75) is 20.3 Å². The van der Waals surface area contributed by atoms with Crippen LogP contribution in [0.5, 0.6) is 5.88 Å². The molecule has 0 amide bonds. The molecule has 0 fully saturated rings. The summed E-state index contributed by atoms with van der Waals surface area (Å²) in [6, 6.07) is 3.56. The molecule has 0 saturated carbocycles. The zero-order valence-corrected chi connectivity index (χ0v) is 11.0. The highest BCUT2D eigenvalue weighted by molar-refractivity contribution is 5.53. The van der Waals surface area contributed by atoms with Crippen LogP contribution in [0.3, 0.4) is 0 Å². The van der Waals surface area contributed by atoms with Gasteiger partial charge in [-0.05, 0) is 26.0 Å². The number of pyridine rings is 1. The van der Waals surface area contributed by atoms with Crippen LogP contribution >= 0.6 is 0 Å². The van der Waals surface area contributed by atoms with Gasteiger partial charge in [0.25, 0.3) is 0 Å². The maximum Gasteiger partial charge on any atom is 0.239 e. The highest BCUT2D eigenvalue weighted by Crippen LogP contribution is 2.20. The SMILES string of the molecule is CCOc1nc(NCCc2nc(C)no2)ccc1N. The van der Waals surface area contributed by atoms with Gasteiger partial charge in [-0.1, -0.05) is 5.16 Å². The van der Waals surface area contributed by atoms with Gasteiger partial charge in [-0.15, -0.1) is 0 Å². The van der Waals surface area contributed by atoms with E-state index in [4.69, 9.17) is 15.0 Å². The molecule has 0 saturated heterocycles. The fourth-order valence-electron chi connectivity index (χ4n) is 1.54. The van der Waals surface area contributed by atoms with E-state index in [1.54, 1.807) is 19.1 Å². The van der Waals surface area contributed by atoms with Gasteiger partial charge in [0.05, 0.1) is 12.3 Å². The number of nitrogen functional groups attached to an aromatic ring is 1. The fraction of sp³-hybridized carbons (Fsp3) is 0.417. The molecule has 7 heteroatoms. The lowest BCUT2D eigenvalue weighted by Gasteiger charge is -2.08. The predicted molar refractivity (Wildman–Crippen MR) is 71.0 cm³/mol. The molecule has 7 nitrogen and oxygen atoms in total. The number of aromatic nitrogens is 3. The summed E-state index contributed by atoms with van der Waals surface area (Å²) >= 11 is 0. The molecule has 0 aliphatic heterocycles. The third kappa shape index (κ3) is 3.57. The molecule has 2 aromatic rings. The molecule has 0 aromatic carbocycles. The average molecular weight is 263 g/mol. The predicted octanol–water partition coefficient (Wildman–Crippen LogP) is 1.41. The summed E-state index contributed by atoms with van der Waals surface area (Å²) < 4.78 is 10.3. The third-order valence-corrected chi connectivity index (χ3v) is 2.39. The highest BCUT2D eigenvalue weighted by Gasteiger charge is 2.05. The van der Waals surface area contributed by atoms with E-state index in [-0.39, 0.29) is 0 Å². The molecule has 0 unspecified atom stereocenters. The Morgan fingerprint density at radius 1 is 1.37 bits per heavy atom. The van der Waals surface area contributed by atoms with Gasteiger partial charge in [0, 0.05) is 13.0 Å². The Bertz CT molecular complexity index is 541. The summed E-state index contributed by atoms with van der Waals surface area (Å²) in [4.78, 5) is 8.39. The first-order valence-corrected chi connectivity index (χ1v) is 6.11. The summed E-state index contributed by atoms with van der Waals surface area (Å²) in [7, 11) is 0. The first-order chi connectivity index (χ1) is 9.19. The number of hydrogen-bond acceptors (Lipinski definition) is 7. The molecule has 0 bridgehead atoms. The van der Waals surface area contributed by atoms with Gasteiger partial charge in [-0.2, -0.15) is 9.97 Å². The van der Waals surface area contributed by atoms with Crippen LogP contribution in [-0.2, 0) is 6.42 Å². The van der Waals surface area contributed by atoms with Crippen LogP contribution in [0.2, 0.25) is 0 Å². The number of aryl methyl sites for hydroxylation is 1. The Balaban J connectivity index is 1.90. The van der Waals surface area contributed by atoms with Crippen LogP contribution in [0.25, 0.3) is 0 Å². The third-order valence-electron chi connectivity index (χ3n) is 2.39. The molecule has 2 aromatic heterocycles. The molecule has 0 aliphatic carbocycles. The summed E-state index contributed by atoms with van der Waals surface area (Å²) in [6.07, 6.45) is 0.636. The molecule has 19 heavy (non-hydrogen) atoms. The number of hydrogen-bond donors (Lipinski definition) is 2. The Hall–Kier alpha value is -2.31. The minimum absolute atomic E-state index is 0.445. The zero-order valence-electron chi connectivity index (χ0n) is 11.0. The van der Waals surface area contributed by atoms with Gasteiger partial charge in [0.15, 0.2) is 5.82 Å². The number of nitrogens with one attached hydrogen (secondary N) is 1. The second-order valence-corrected chi connectivity index (χ2v) is 3.94. The molecule has 2 rings (SSSR count). The monoisotopic (exact) mass is 263 g/mol. The van der Waals surface area contributed by atoms with Crippen molar-refractivity contribution in [3.05, 3.63) is 23.8 Å². The first kappa shape index (κ1) is 13.1. The smallest absolute Gasteiger partial charge is 0.239 e. The van der Waals surface area contributed by atoms with E-state index in [2.05, 4.69) is 20.4 Å². The minimum Gasteiger partial charge on any atom is -0.476 e. The van der Waals surface area contributed by atoms with E-state index in [1.165, 1.54) is 0 Å². The normalized spacial score (nSPS) is 10.4.